The van der Waals surface area contributed by atoms with Gasteiger partial charge in [0.1, 0.15) is 0 Å². The van der Waals surface area contributed by atoms with Gasteiger partial charge in [0.2, 0.25) is 0 Å². The van der Waals surface area contributed by atoms with Gasteiger partial charge in [-0.05, 0) is 25.3 Å². The first-order chi connectivity index (χ1) is 6.97. The molecule has 2 atom stereocenters. The van der Waals surface area contributed by atoms with Crippen LogP contribution in [-0.2, 0) is 4.74 Å². The molecule has 0 saturated carbocycles. The van der Waals surface area contributed by atoms with E-state index in [2.05, 4.69) is 46.9 Å². The van der Waals surface area contributed by atoms with Crippen LogP contribution in [0.5, 0.6) is 0 Å². The average Bonchev–Trinajstić information content (AvgIpc) is 2.12. The van der Waals surface area contributed by atoms with Gasteiger partial charge >= 0.3 is 0 Å². The van der Waals surface area contributed by atoms with Crippen molar-refractivity contribution in [1.29, 1.82) is 0 Å². The Labute approximate surface area is 95.8 Å². The molecule has 0 aliphatic heterocycles. The van der Waals surface area contributed by atoms with Gasteiger partial charge in [-0.25, -0.2) is 0 Å². The first kappa shape index (κ1) is 14.9. The summed E-state index contributed by atoms with van der Waals surface area (Å²) in [6, 6.07) is 0.486. The highest BCUT2D eigenvalue weighted by atomic mass is 16.5. The molecule has 0 aliphatic rings. The van der Waals surface area contributed by atoms with Gasteiger partial charge in [0.25, 0.3) is 0 Å². The molecule has 0 saturated heterocycles. The number of rotatable bonds is 7. The highest BCUT2D eigenvalue weighted by molar-refractivity contribution is 4.85. The maximum absolute atomic E-state index is 5.91. The number of likely N-dealkylation sites (N-methyl/N-ethyl adjacent to an activating group) is 1. The SMILES string of the molecule is CCCC(NCC)C(OCC)C(C)(C)C. The van der Waals surface area contributed by atoms with Gasteiger partial charge in [-0.15, -0.1) is 0 Å². The van der Waals surface area contributed by atoms with E-state index in [0.29, 0.717) is 12.1 Å². The van der Waals surface area contributed by atoms with E-state index in [1.54, 1.807) is 0 Å². The smallest absolute Gasteiger partial charge is 0.0775 e. The van der Waals surface area contributed by atoms with E-state index in [1.165, 1.54) is 12.8 Å². The van der Waals surface area contributed by atoms with E-state index < -0.39 is 0 Å². The minimum atomic E-state index is 0.206. The van der Waals surface area contributed by atoms with Gasteiger partial charge < -0.3 is 10.1 Å². The Bertz CT molecular complexity index is 145. The fourth-order valence-corrected chi connectivity index (χ4v) is 2.08. The molecule has 0 amide bonds. The van der Waals surface area contributed by atoms with Crippen molar-refractivity contribution >= 4 is 0 Å². The Morgan fingerprint density at radius 2 is 1.73 bits per heavy atom. The molecule has 0 bridgehead atoms. The molecule has 0 fully saturated rings. The third kappa shape index (κ3) is 5.53. The van der Waals surface area contributed by atoms with Crippen LogP contribution in [0.3, 0.4) is 0 Å². The van der Waals surface area contributed by atoms with Crippen LogP contribution in [0.1, 0.15) is 54.4 Å². The van der Waals surface area contributed by atoms with Gasteiger partial charge in [-0.1, -0.05) is 41.0 Å². The quantitative estimate of drug-likeness (QED) is 0.704. The summed E-state index contributed by atoms with van der Waals surface area (Å²) in [6.07, 6.45) is 2.70. The van der Waals surface area contributed by atoms with Gasteiger partial charge in [0, 0.05) is 12.6 Å². The van der Waals surface area contributed by atoms with Gasteiger partial charge in [0.05, 0.1) is 6.10 Å². The van der Waals surface area contributed by atoms with Gasteiger partial charge in [-0.3, -0.25) is 0 Å². The third-order valence-corrected chi connectivity index (χ3v) is 2.63. The summed E-state index contributed by atoms with van der Waals surface area (Å²) in [5, 5.41) is 3.55. The lowest BCUT2D eigenvalue weighted by Gasteiger charge is -2.37. The molecular weight excluding hydrogens is 186 g/mol. The van der Waals surface area contributed by atoms with Crippen molar-refractivity contribution in [3.8, 4) is 0 Å². The molecule has 0 heterocycles. The fourth-order valence-electron chi connectivity index (χ4n) is 2.08. The van der Waals surface area contributed by atoms with Crippen molar-refractivity contribution in [3.05, 3.63) is 0 Å². The Morgan fingerprint density at radius 1 is 1.13 bits per heavy atom. The number of hydrogen-bond donors (Lipinski definition) is 1. The highest BCUT2D eigenvalue weighted by Gasteiger charge is 2.31. The fraction of sp³-hybridized carbons (Fsp3) is 1.00. The van der Waals surface area contributed by atoms with E-state index in [1.807, 2.05) is 0 Å². The summed E-state index contributed by atoms with van der Waals surface area (Å²) in [6.45, 7) is 15.1. The molecule has 2 heteroatoms. The predicted octanol–water partition coefficient (Wildman–Crippen LogP) is 3.22. The highest BCUT2D eigenvalue weighted by Crippen LogP contribution is 2.26. The number of ether oxygens (including phenoxy) is 1. The molecular formula is C13H29NO. The molecule has 2 unspecified atom stereocenters. The standard InChI is InChI=1S/C13H29NO/c1-7-10-11(14-8-2)12(15-9-3)13(4,5)6/h11-12,14H,7-10H2,1-6H3. The van der Waals surface area contributed by atoms with Crippen LogP contribution < -0.4 is 5.32 Å². The van der Waals surface area contributed by atoms with Crippen LogP contribution in [0.15, 0.2) is 0 Å². The van der Waals surface area contributed by atoms with Gasteiger partial charge in [0.15, 0.2) is 0 Å². The van der Waals surface area contributed by atoms with Crippen molar-refractivity contribution in [2.24, 2.45) is 5.41 Å². The molecule has 92 valence electrons. The van der Waals surface area contributed by atoms with Crippen LogP contribution in [0, 0.1) is 5.41 Å². The minimum Gasteiger partial charge on any atom is -0.376 e. The molecule has 0 aromatic heterocycles. The molecule has 15 heavy (non-hydrogen) atoms. The molecule has 0 rings (SSSR count). The van der Waals surface area contributed by atoms with Crippen molar-refractivity contribution in [1.82, 2.24) is 5.32 Å². The topological polar surface area (TPSA) is 21.3 Å². The van der Waals surface area contributed by atoms with Crippen LogP contribution in [-0.4, -0.2) is 25.3 Å². The van der Waals surface area contributed by atoms with Gasteiger partial charge in [-0.2, -0.15) is 0 Å². The molecule has 0 aromatic rings. The summed E-state index contributed by atoms with van der Waals surface area (Å²) >= 11 is 0. The summed E-state index contributed by atoms with van der Waals surface area (Å²) in [7, 11) is 0. The predicted molar refractivity (Wildman–Crippen MR) is 67.2 cm³/mol. The molecule has 0 aliphatic carbocycles. The van der Waals surface area contributed by atoms with E-state index in [4.69, 9.17) is 4.74 Å². The zero-order valence-electron chi connectivity index (χ0n) is 11.4. The van der Waals surface area contributed by atoms with Crippen LogP contribution in [0.2, 0.25) is 0 Å². The average molecular weight is 215 g/mol. The Morgan fingerprint density at radius 3 is 2.07 bits per heavy atom. The number of nitrogens with one attached hydrogen (secondary N) is 1. The summed E-state index contributed by atoms with van der Waals surface area (Å²) < 4.78 is 5.91. The second kappa shape index (κ2) is 7.24. The summed E-state index contributed by atoms with van der Waals surface area (Å²) in [5.41, 5.74) is 0.206. The lowest BCUT2D eigenvalue weighted by molar-refractivity contribution is -0.0371. The normalized spacial score (nSPS) is 16.4. The lowest BCUT2D eigenvalue weighted by atomic mass is 9.83. The van der Waals surface area contributed by atoms with Crippen LogP contribution >= 0.6 is 0 Å². The first-order valence-corrected chi connectivity index (χ1v) is 6.32. The van der Waals surface area contributed by atoms with Crippen molar-refractivity contribution in [2.45, 2.75) is 66.5 Å². The maximum Gasteiger partial charge on any atom is 0.0775 e. The van der Waals surface area contributed by atoms with Crippen molar-refractivity contribution < 1.29 is 4.74 Å². The Hall–Kier alpha value is -0.0800. The monoisotopic (exact) mass is 215 g/mol. The van der Waals surface area contributed by atoms with E-state index >= 15 is 0 Å². The molecule has 1 N–H and O–H groups in total. The van der Waals surface area contributed by atoms with Crippen LogP contribution in [0.25, 0.3) is 0 Å². The minimum absolute atomic E-state index is 0.206. The van der Waals surface area contributed by atoms with Crippen LogP contribution in [0.4, 0.5) is 0 Å². The number of hydrogen-bond acceptors (Lipinski definition) is 2. The largest absolute Gasteiger partial charge is 0.376 e. The summed E-state index contributed by atoms with van der Waals surface area (Å²) in [5.74, 6) is 0. The molecule has 2 nitrogen and oxygen atoms in total. The second-order valence-corrected chi connectivity index (χ2v) is 5.19. The van der Waals surface area contributed by atoms with E-state index in [-0.39, 0.29) is 5.41 Å². The first-order valence-electron chi connectivity index (χ1n) is 6.32. The van der Waals surface area contributed by atoms with E-state index in [9.17, 15) is 0 Å². The zero-order valence-corrected chi connectivity index (χ0v) is 11.4. The van der Waals surface area contributed by atoms with E-state index in [0.717, 1.165) is 13.2 Å². The Kier molecular flexibility index (Phi) is 7.20. The lowest BCUT2D eigenvalue weighted by Crippen LogP contribution is -2.48. The second-order valence-electron chi connectivity index (χ2n) is 5.19. The molecule has 0 aromatic carbocycles. The maximum atomic E-state index is 5.91. The third-order valence-electron chi connectivity index (χ3n) is 2.63. The molecule has 0 radical (unpaired) electrons. The van der Waals surface area contributed by atoms with Crippen molar-refractivity contribution in [3.63, 3.8) is 0 Å². The zero-order chi connectivity index (χ0) is 11.9. The van der Waals surface area contributed by atoms with Crippen molar-refractivity contribution in [2.75, 3.05) is 13.2 Å². The Balaban J connectivity index is 4.51. The molecule has 0 spiro atoms. The summed E-state index contributed by atoms with van der Waals surface area (Å²) in [4.78, 5) is 0.